The van der Waals surface area contributed by atoms with Gasteiger partial charge in [0.25, 0.3) is 0 Å². The van der Waals surface area contributed by atoms with Crippen molar-refractivity contribution in [2.75, 3.05) is 26.7 Å². The van der Waals surface area contributed by atoms with Gasteiger partial charge in [-0.1, -0.05) is 24.3 Å². The fourth-order valence-corrected chi connectivity index (χ4v) is 4.63. The van der Waals surface area contributed by atoms with Crippen LogP contribution in [0.3, 0.4) is 0 Å². The van der Waals surface area contributed by atoms with E-state index in [2.05, 4.69) is 71.7 Å². The summed E-state index contributed by atoms with van der Waals surface area (Å²) in [4.78, 5) is 15.1. The molecule has 0 atom stereocenters. The van der Waals surface area contributed by atoms with E-state index in [1.807, 2.05) is 38.8 Å². The zero-order chi connectivity index (χ0) is 24.3. The second kappa shape index (κ2) is 10.0. The lowest BCUT2D eigenvalue weighted by Crippen LogP contribution is -2.34. The molecule has 178 valence electrons. The number of thiophene rings is 1. The van der Waals surface area contributed by atoms with Crippen LogP contribution in [0.25, 0.3) is 32.5 Å². The van der Waals surface area contributed by atoms with Crippen molar-refractivity contribution >= 4 is 28.2 Å². The lowest BCUT2D eigenvalue weighted by Gasteiger charge is -2.22. The molecule has 4 rings (SSSR count). The highest BCUT2D eigenvalue weighted by molar-refractivity contribution is 7.13. The summed E-state index contributed by atoms with van der Waals surface area (Å²) >= 11 is 1.70. The molecule has 0 fully saturated rings. The maximum Gasteiger partial charge on any atom is 0.320 e. The van der Waals surface area contributed by atoms with Crippen molar-refractivity contribution in [2.24, 2.45) is 7.05 Å². The molecule has 0 aliphatic carbocycles. The number of hydrogen-bond acceptors (Lipinski definition) is 5. The van der Waals surface area contributed by atoms with Gasteiger partial charge in [0, 0.05) is 35.7 Å². The zero-order valence-corrected chi connectivity index (χ0v) is 21.3. The van der Waals surface area contributed by atoms with E-state index in [0.29, 0.717) is 13.2 Å². The molecule has 2 heterocycles. The predicted molar refractivity (Wildman–Crippen MR) is 141 cm³/mol. The van der Waals surface area contributed by atoms with Gasteiger partial charge in [0.1, 0.15) is 18.0 Å². The standard InChI is InChI=1S/C28H32N2O3S/c1-28(2,3)33-27(31)19-29(4)14-15-32-25-11-10-21(17-23(25)26-7-6-16-34-26)22-9-8-20-12-13-30(5)24(20)18-22/h6-13,16-18H,14-15,19H2,1-5H3. The van der Waals surface area contributed by atoms with E-state index in [1.54, 1.807) is 11.3 Å². The molecule has 0 aliphatic heterocycles. The van der Waals surface area contributed by atoms with Crippen molar-refractivity contribution in [3.63, 3.8) is 0 Å². The number of fused-ring (bicyclic) bond motifs is 1. The van der Waals surface area contributed by atoms with Crippen molar-refractivity contribution in [2.45, 2.75) is 26.4 Å². The smallest absolute Gasteiger partial charge is 0.320 e. The van der Waals surface area contributed by atoms with Crippen molar-refractivity contribution < 1.29 is 14.3 Å². The van der Waals surface area contributed by atoms with Crippen LogP contribution in [-0.4, -0.2) is 47.8 Å². The number of hydrogen-bond donors (Lipinski definition) is 0. The Bertz CT molecular complexity index is 1270. The average molecular weight is 477 g/mol. The van der Waals surface area contributed by atoms with Gasteiger partial charge in [0.15, 0.2) is 0 Å². The predicted octanol–water partition coefficient (Wildman–Crippen LogP) is 6.23. The van der Waals surface area contributed by atoms with Gasteiger partial charge in [-0.05, 0) is 80.0 Å². The molecule has 2 aromatic carbocycles. The summed E-state index contributed by atoms with van der Waals surface area (Å²) < 4.78 is 13.7. The SMILES string of the molecule is CN(CCOc1ccc(-c2ccc3ccn(C)c3c2)cc1-c1cccs1)CC(=O)OC(C)(C)C. The normalized spacial score (nSPS) is 11.8. The molecule has 0 spiro atoms. The van der Waals surface area contributed by atoms with Crippen LogP contribution < -0.4 is 4.74 Å². The van der Waals surface area contributed by atoms with E-state index in [4.69, 9.17) is 9.47 Å². The molecule has 0 saturated heterocycles. The maximum absolute atomic E-state index is 12.1. The first-order valence-electron chi connectivity index (χ1n) is 11.5. The lowest BCUT2D eigenvalue weighted by molar-refractivity contribution is -0.155. The summed E-state index contributed by atoms with van der Waals surface area (Å²) in [5.74, 6) is 0.616. The maximum atomic E-state index is 12.1. The molecule has 0 N–H and O–H groups in total. The average Bonchev–Trinajstić information content (AvgIpc) is 3.43. The van der Waals surface area contributed by atoms with Gasteiger partial charge < -0.3 is 14.0 Å². The van der Waals surface area contributed by atoms with E-state index in [0.717, 1.165) is 16.9 Å². The Morgan fingerprint density at radius 3 is 2.56 bits per heavy atom. The van der Waals surface area contributed by atoms with Crippen LogP contribution in [0, 0.1) is 0 Å². The highest BCUT2D eigenvalue weighted by Gasteiger charge is 2.18. The van der Waals surface area contributed by atoms with E-state index < -0.39 is 5.60 Å². The number of rotatable bonds is 8. The third-order valence-corrected chi connectivity index (χ3v) is 6.44. The van der Waals surface area contributed by atoms with Crippen LogP contribution >= 0.6 is 11.3 Å². The van der Waals surface area contributed by atoms with Crippen molar-refractivity contribution in [3.8, 4) is 27.3 Å². The fraction of sp³-hybridized carbons (Fsp3) is 0.321. The second-order valence-electron chi connectivity index (χ2n) is 9.56. The first-order chi connectivity index (χ1) is 16.2. The van der Waals surface area contributed by atoms with Gasteiger partial charge in [0.2, 0.25) is 0 Å². The van der Waals surface area contributed by atoms with Crippen LogP contribution in [-0.2, 0) is 16.6 Å². The largest absolute Gasteiger partial charge is 0.492 e. The number of likely N-dealkylation sites (N-methyl/N-ethyl adjacent to an activating group) is 1. The Balaban J connectivity index is 1.49. The Morgan fingerprint density at radius 1 is 1.06 bits per heavy atom. The van der Waals surface area contributed by atoms with Gasteiger partial charge in [-0.2, -0.15) is 0 Å². The molecule has 2 aromatic heterocycles. The number of ether oxygens (including phenoxy) is 2. The van der Waals surface area contributed by atoms with Gasteiger partial charge in [-0.3, -0.25) is 9.69 Å². The molecular formula is C28H32N2O3S. The van der Waals surface area contributed by atoms with Crippen LogP contribution in [0.4, 0.5) is 0 Å². The summed E-state index contributed by atoms with van der Waals surface area (Å²) in [5.41, 5.74) is 4.14. The van der Waals surface area contributed by atoms with Crippen molar-refractivity contribution in [3.05, 3.63) is 66.2 Å². The summed E-state index contributed by atoms with van der Waals surface area (Å²) in [6, 6.07) is 19.2. The number of aromatic nitrogens is 1. The molecule has 0 radical (unpaired) electrons. The van der Waals surface area contributed by atoms with E-state index in [1.165, 1.54) is 21.3 Å². The third kappa shape index (κ3) is 5.88. The molecular weight excluding hydrogens is 444 g/mol. The summed E-state index contributed by atoms with van der Waals surface area (Å²) in [6.45, 7) is 6.96. The highest BCUT2D eigenvalue weighted by atomic mass is 32.1. The summed E-state index contributed by atoms with van der Waals surface area (Å²) in [5, 5.41) is 3.32. The number of aryl methyl sites for hydroxylation is 1. The molecule has 34 heavy (non-hydrogen) atoms. The Kier molecular flexibility index (Phi) is 7.10. The van der Waals surface area contributed by atoms with Crippen LogP contribution in [0.5, 0.6) is 5.75 Å². The van der Waals surface area contributed by atoms with Crippen molar-refractivity contribution in [1.82, 2.24) is 9.47 Å². The lowest BCUT2D eigenvalue weighted by atomic mass is 10.0. The van der Waals surface area contributed by atoms with Crippen LogP contribution in [0.2, 0.25) is 0 Å². The first kappa shape index (κ1) is 24.0. The monoisotopic (exact) mass is 476 g/mol. The molecule has 0 amide bonds. The minimum atomic E-state index is -0.476. The van der Waals surface area contributed by atoms with E-state index >= 15 is 0 Å². The van der Waals surface area contributed by atoms with Crippen LogP contribution in [0.1, 0.15) is 20.8 Å². The van der Waals surface area contributed by atoms with Gasteiger partial charge in [0.05, 0.1) is 6.54 Å². The second-order valence-corrected chi connectivity index (χ2v) is 10.5. The van der Waals surface area contributed by atoms with Crippen LogP contribution in [0.15, 0.2) is 66.2 Å². The molecule has 0 aliphatic rings. The Morgan fingerprint density at radius 2 is 1.82 bits per heavy atom. The van der Waals surface area contributed by atoms with Crippen molar-refractivity contribution in [1.29, 1.82) is 0 Å². The summed E-state index contributed by atoms with van der Waals surface area (Å²) in [6.07, 6.45) is 2.09. The molecule has 0 bridgehead atoms. The number of benzene rings is 2. The molecule has 0 unspecified atom stereocenters. The fourth-order valence-electron chi connectivity index (χ4n) is 3.89. The minimum absolute atomic E-state index is 0.228. The minimum Gasteiger partial charge on any atom is -0.492 e. The zero-order valence-electron chi connectivity index (χ0n) is 20.5. The Labute approximate surface area is 205 Å². The first-order valence-corrected chi connectivity index (χ1v) is 12.3. The third-order valence-electron chi connectivity index (χ3n) is 5.54. The quantitative estimate of drug-likeness (QED) is 0.283. The molecule has 4 aromatic rings. The number of carbonyl (C=O) groups is 1. The van der Waals surface area contributed by atoms with Gasteiger partial charge in [-0.25, -0.2) is 0 Å². The molecule has 6 heteroatoms. The summed E-state index contributed by atoms with van der Waals surface area (Å²) in [7, 11) is 3.97. The highest BCUT2D eigenvalue weighted by Crippen LogP contribution is 2.37. The number of carbonyl (C=O) groups excluding carboxylic acids is 1. The van der Waals surface area contributed by atoms with Gasteiger partial charge >= 0.3 is 5.97 Å². The number of nitrogens with zero attached hydrogens (tertiary/aromatic N) is 2. The van der Waals surface area contributed by atoms with E-state index in [-0.39, 0.29) is 12.5 Å². The Hall–Kier alpha value is -3.09. The van der Waals surface area contributed by atoms with E-state index in [9.17, 15) is 4.79 Å². The number of esters is 1. The molecule has 0 saturated carbocycles. The van der Waals surface area contributed by atoms with Gasteiger partial charge in [-0.15, -0.1) is 11.3 Å². The molecule has 5 nitrogen and oxygen atoms in total. The topological polar surface area (TPSA) is 43.7 Å².